The molecule has 1 atom stereocenters. The molecule has 0 radical (unpaired) electrons. The molecule has 106 valence electrons. The first-order valence-electron chi connectivity index (χ1n) is 6.07. The molecular weight excluding hydrogens is 348 g/mol. The summed E-state index contributed by atoms with van der Waals surface area (Å²) in [6.45, 7) is 0. The molecule has 0 aliphatic carbocycles. The first kappa shape index (κ1) is 15.4. The zero-order chi connectivity index (χ0) is 14.7. The molecule has 20 heavy (non-hydrogen) atoms. The van der Waals surface area contributed by atoms with Crippen LogP contribution in [0.5, 0.6) is 0 Å². The van der Waals surface area contributed by atoms with Crippen LogP contribution in [-0.4, -0.2) is 7.05 Å². The summed E-state index contributed by atoms with van der Waals surface area (Å²) in [5, 5.41) is 3.74. The molecule has 1 nitrogen and oxygen atoms in total. The van der Waals surface area contributed by atoms with Crippen LogP contribution in [0, 0.1) is 11.6 Å². The molecular formula is C15H13BrClF2N. The van der Waals surface area contributed by atoms with Crippen LogP contribution in [0.1, 0.15) is 17.2 Å². The van der Waals surface area contributed by atoms with Gasteiger partial charge in [-0.25, -0.2) is 8.78 Å². The quantitative estimate of drug-likeness (QED) is 0.819. The molecule has 2 aromatic carbocycles. The molecule has 0 spiro atoms. The summed E-state index contributed by atoms with van der Waals surface area (Å²) in [5.41, 5.74) is 1.63. The van der Waals surface area contributed by atoms with Crippen LogP contribution in [0.4, 0.5) is 8.78 Å². The summed E-state index contributed by atoms with van der Waals surface area (Å²) in [5.74, 6) is -1.69. The lowest BCUT2D eigenvalue weighted by molar-refractivity contribution is 0.501. The predicted octanol–water partition coefficient (Wildman–Crippen LogP) is 4.88. The second-order valence-corrected chi connectivity index (χ2v) is 5.78. The highest BCUT2D eigenvalue weighted by Gasteiger charge is 2.14. The minimum atomic E-state index is -0.843. The molecule has 0 saturated heterocycles. The van der Waals surface area contributed by atoms with Gasteiger partial charge in [0.1, 0.15) is 0 Å². The Morgan fingerprint density at radius 3 is 2.50 bits per heavy atom. The third-order valence-corrected chi connectivity index (χ3v) is 3.98. The minimum absolute atomic E-state index is 0.135. The molecule has 0 aliphatic heterocycles. The van der Waals surface area contributed by atoms with Crippen molar-refractivity contribution in [3.63, 3.8) is 0 Å². The summed E-state index contributed by atoms with van der Waals surface area (Å²) in [4.78, 5) is 0. The molecule has 0 aromatic heterocycles. The van der Waals surface area contributed by atoms with E-state index < -0.39 is 11.6 Å². The van der Waals surface area contributed by atoms with Crippen LogP contribution in [0.3, 0.4) is 0 Å². The van der Waals surface area contributed by atoms with Gasteiger partial charge in [-0.3, -0.25) is 0 Å². The Bertz CT molecular complexity index is 619. The van der Waals surface area contributed by atoms with Crippen molar-refractivity contribution in [1.29, 1.82) is 0 Å². The van der Waals surface area contributed by atoms with Gasteiger partial charge in [0.25, 0.3) is 0 Å². The van der Waals surface area contributed by atoms with Crippen molar-refractivity contribution >= 4 is 27.5 Å². The maximum Gasteiger partial charge on any atom is 0.159 e. The van der Waals surface area contributed by atoms with Crippen molar-refractivity contribution < 1.29 is 8.78 Å². The smallest absolute Gasteiger partial charge is 0.159 e. The Hall–Kier alpha value is -0.970. The van der Waals surface area contributed by atoms with Gasteiger partial charge in [-0.2, -0.15) is 0 Å². The largest absolute Gasteiger partial charge is 0.313 e. The number of hydrogen-bond acceptors (Lipinski definition) is 1. The lowest BCUT2D eigenvalue weighted by Gasteiger charge is -2.18. The van der Waals surface area contributed by atoms with Crippen molar-refractivity contribution in [3.8, 4) is 0 Å². The fourth-order valence-electron chi connectivity index (χ4n) is 2.02. The zero-order valence-corrected chi connectivity index (χ0v) is 13.1. The number of halogens is 4. The van der Waals surface area contributed by atoms with E-state index in [0.29, 0.717) is 17.0 Å². The van der Waals surface area contributed by atoms with Gasteiger partial charge in [-0.05, 0) is 48.9 Å². The maximum atomic E-state index is 13.3. The van der Waals surface area contributed by atoms with Gasteiger partial charge >= 0.3 is 0 Å². The highest BCUT2D eigenvalue weighted by atomic mass is 79.9. The monoisotopic (exact) mass is 359 g/mol. The number of hydrogen-bond donors (Lipinski definition) is 1. The van der Waals surface area contributed by atoms with Gasteiger partial charge in [0.2, 0.25) is 0 Å². The Balaban J connectivity index is 2.26. The third-order valence-electron chi connectivity index (χ3n) is 3.13. The molecule has 5 heteroatoms. The SMILES string of the molecule is CNC(Cc1ccc(Br)cc1Cl)c1ccc(F)c(F)c1. The minimum Gasteiger partial charge on any atom is -0.313 e. The van der Waals surface area contributed by atoms with Crippen molar-refractivity contribution in [1.82, 2.24) is 5.32 Å². The van der Waals surface area contributed by atoms with Crippen LogP contribution < -0.4 is 5.32 Å². The number of nitrogens with one attached hydrogen (secondary N) is 1. The number of likely N-dealkylation sites (N-methyl/N-ethyl adjacent to an activating group) is 1. The fourth-order valence-corrected chi connectivity index (χ4v) is 2.77. The van der Waals surface area contributed by atoms with Gasteiger partial charge in [-0.1, -0.05) is 39.7 Å². The second-order valence-electron chi connectivity index (χ2n) is 4.45. The molecule has 0 saturated carbocycles. The summed E-state index contributed by atoms with van der Waals surface area (Å²) < 4.78 is 27.2. The van der Waals surface area contributed by atoms with E-state index in [-0.39, 0.29) is 6.04 Å². The van der Waals surface area contributed by atoms with Gasteiger partial charge in [0.15, 0.2) is 11.6 Å². The highest BCUT2D eigenvalue weighted by Crippen LogP contribution is 2.26. The van der Waals surface area contributed by atoms with Crippen LogP contribution in [-0.2, 0) is 6.42 Å². The van der Waals surface area contributed by atoms with E-state index in [1.165, 1.54) is 6.07 Å². The van der Waals surface area contributed by atoms with Crippen molar-refractivity contribution in [3.05, 3.63) is 68.7 Å². The van der Waals surface area contributed by atoms with E-state index in [0.717, 1.165) is 16.1 Å². The van der Waals surface area contributed by atoms with Crippen LogP contribution in [0.25, 0.3) is 0 Å². The molecule has 0 aliphatic rings. The van der Waals surface area contributed by atoms with Crippen molar-refractivity contribution in [2.75, 3.05) is 7.05 Å². The van der Waals surface area contributed by atoms with E-state index in [2.05, 4.69) is 21.2 Å². The Morgan fingerprint density at radius 2 is 1.90 bits per heavy atom. The topological polar surface area (TPSA) is 12.0 Å². The summed E-state index contributed by atoms with van der Waals surface area (Å²) in [6, 6.07) is 9.42. The van der Waals surface area contributed by atoms with Crippen LogP contribution in [0.2, 0.25) is 5.02 Å². The van der Waals surface area contributed by atoms with Gasteiger partial charge in [0, 0.05) is 15.5 Å². The molecule has 1 N–H and O–H groups in total. The van der Waals surface area contributed by atoms with Crippen molar-refractivity contribution in [2.24, 2.45) is 0 Å². The van der Waals surface area contributed by atoms with Crippen molar-refractivity contribution in [2.45, 2.75) is 12.5 Å². The summed E-state index contributed by atoms with van der Waals surface area (Å²) in [7, 11) is 1.78. The maximum absolute atomic E-state index is 13.3. The molecule has 0 heterocycles. The molecule has 2 aromatic rings. The van der Waals surface area contributed by atoms with Gasteiger partial charge < -0.3 is 5.32 Å². The average Bonchev–Trinajstić information content (AvgIpc) is 2.41. The van der Waals surface area contributed by atoms with E-state index >= 15 is 0 Å². The van der Waals surface area contributed by atoms with E-state index in [9.17, 15) is 8.78 Å². The predicted molar refractivity (Wildman–Crippen MR) is 81.0 cm³/mol. The lowest BCUT2D eigenvalue weighted by atomic mass is 9.99. The van der Waals surface area contributed by atoms with Gasteiger partial charge in [0.05, 0.1) is 0 Å². The third kappa shape index (κ3) is 3.57. The van der Waals surface area contributed by atoms with Crippen LogP contribution in [0.15, 0.2) is 40.9 Å². The second kappa shape index (κ2) is 6.66. The highest BCUT2D eigenvalue weighted by molar-refractivity contribution is 9.10. The van der Waals surface area contributed by atoms with E-state index in [4.69, 9.17) is 11.6 Å². The molecule has 0 bridgehead atoms. The fraction of sp³-hybridized carbons (Fsp3) is 0.200. The summed E-state index contributed by atoms with van der Waals surface area (Å²) >= 11 is 9.53. The summed E-state index contributed by atoms with van der Waals surface area (Å²) in [6.07, 6.45) is 0.591. The Morgan fingerprint density at radius 1 is 1.15 bits per heavy atom. The first-order valence-corrected chi connectivity index (χ1v) is 7.24. The molecule has 0 amide bonds. The normalized spacial score (nSPS) is 12.4. The van der Waals surface area contributed by atoms with Crippen LogP contribution >= 0.6 is 27.5 Å². The first-order chi connectivity index (χ1) is 9.51. The standard InChI is InChI=1S/C15H13BrClF2N/c1-20-15(10-3-5-13(18)14(19)6-10)7-9-2-4-11(16)8-12(9)17/h2-6,8,15,20H,7H2,1H3. The molecule has 2 rings (SSSR count). The van der Waals surface area contributed by atoms with E-state index in [1.54, 1.807) is 13.1 Å². The number of benzene rings is 2. The molecule has 1 unspecified atom stereocenters. The Kier molecular flexibility index (Phi) is 5.13. The average molecular weight is 361 g/mol. The zero-order valence-electron chi connectivity index (χ0n) is 10.8. The van der Waals surface area contributed by atoms with Gasteiger partial charge in [-0.15, -0.1) is 0 Å². The number of rotatable bonds is 4. The van der Waals surface area contributed by atoms with E-state index in [1.807, 2.05) is 18.2 Å². The molecule has 0 fully saturated rings. The lowest BCUT2D eigenvalue weighted by Crippen LogP contribution is -2.19. The Labute approximate surface area is 130 Å².